The number of hydrogen-bond acceptors (Lipinski definition) is 3. The van der Waals surface area contributed by atoms with Crippen molar-refractivity contribution in [1.29, 1.82) is 0 Å². The molecular weight excluding hydrogens is 300 g/mol. The first kappa shape index (κ1) is 21.2. The lowest BCUT2D eigenvalue weighted by atomic mass is 9.89. The van der Waals surface area contributed by atoms with Gasteiger partial charge >= 0.3 is 0 Å². The molecule has 0 spiro atoms. The van der Waals surface area contributed by atoms with E-state index in [9.17, 15) is 5.11 Å². The molecule has 0 bridgehead atoms. The van der Waals surface area contributed by atoms with Crippen LogP contribution in [0, 0.1) is 5.41 Å². The lowest BCUT2D eigenvalue weighted by Crippen LogP contribution is -2.42. The number of nitrogens with one attached hydrogen (secondary N) is 2. The number of rotatable bonds is 8. The Bertz CT molecular complexity index is 357. The molecule has 1 fully saturated rings. The number of guanidine groups is 1. The molecule has 0 aromatic heterocycles. The summed E-state index contributed by atoms with van der Waals surface area (Å²) in [5.74, 6) is 0.938. The summed E-state index contributed by atoms with van der Waals surface area (Å²) in [6.45, 7) is 16.1. The van der Waals surface area contributed by atoms with E-state index < -0.39 is 0 Å². The van der Waals surface area contributed by atoms with Gasteiger partial charge in [-0.25, -0.2) is 0 Å². The van der Waals surface area contributed by atoms with Gasteiger partial charge in [-0.2, -0.15) is 0 Å². The molecule has 142 valence electrons. The van der Waals surface area contributed by atoms with Crippen LogP contribution in [0.2, 0.25) is 0 Å². The van der Waals surface area contributed by atoms with Gasteiger partial charge in [-0.1, -0.05) is 20.8 Å². The van der Waals surface area contributed by atoms with Crippen LogP contribution < -0.4 is 10.6 Å². The van der Waals surface area contributed by atoms with E-state index in [2.05, 4.69) is 50.2 Å². The molecule has 0 radical (unpaired) electrons. The third-order valence-corrected chi connectivity index (χ3v) is 4.51. The van der Waals surface area contributed by atoms with Crippen LogP contribution in [0.4, 0.5) is 0 Å². The molecule has 24 heavy (non-hydrogen) atoms. The first-order valence-corrected chi connectivity index (χ1v) is 9.75. The predicted molar refractivity (Wildman–Crippen MR) is 104 cm³/mol. The first-order chi connectivity index (χ1) is 11.3. The van der Waals surface area contributed by atoms with Crippen LogP contribution in [-0.4, -0.2) is 60.8 Å². The number of likely N-dealkylation sites (tertiary alicyclic amines) is 1. The Hall–Kier alpha value is -0.810. The fourth-order valence-electron chi connectivity index (χ4n) is 2.90. The fraction of sp³-hybridized carbons (Fsp3) is 0.947. The Kier molecular flexibility index (Phi) is 9.67. The largest absolute Gasteiger partial charge is 0.393 e. The van der Waals surface area contributed by atoms with Crippen molar-refractivity contribution >= 4 is 5.96 Å². The molecule has 1 aliphatic rings. The smallest absolute Gasteiger partial charge is 0.191 e. The number of aliphatic hydroxyl groups is 1. The van der Waals surface area contributed by atoms with Crippen LogP contribution in [-0.2, 0) is 0 Å². The van der Waals surface area contributed by atoms with Crippen LogP contribution >= 0.6 is 0 Å². The van der Waals surface area contributed by atoms with Crippen molar-refractivity contribution in [2.24, 2.45) is 10.4 Å². The minimum Gasteiger partial charge on any atom is -0.393 e. The van der Waals surface area contributed by atoms with Gasteiger partial charge < -0.3 is 20.6 Å². The first-order valence-electron chi connectivity index (χ1n) is 9.75. The number of nitrogens with zero attached hydrogens (tertiary/aromatic N) is 2. The Morgan fingerprint density at radius 3 is 2.54 bits per heavy atom. The zero-order chi connectivity index (χ0) is 18.0. The topological polar surface area (TPSA) is 59.9 Å². The Morgan fingerprint density at radius 2 is 1.96 bits per heavy atom. The second-order valence-electron chi connectivity index (χ2n) is 8.33. The molecule has 1 atom stereocenters. The summed E-state index contributed by atoms with van der Waals surface area (Å²) < 4.78 is 0. The van der Waals surface area contributed by atoms with E-state index >= 15 is 0 Å². The van der Waals surface area contributed by atoms with E-state index in [-0.39, 0.29) is 6.10 Å². The van der Waals surface area contributed by atoms with Gasteiger partial charge in [-0.15, -0.1) is 0 Å². The second-order valence-corrected chi connectivity index (χ2v) is 8.33. The van der Waals surface area contributed by atoms with Gasteiger partial charge in [-0.3, -0.25) is 4.99 Å². The third-order valence-electron chi connectivity index (χ3n) is 4.51. The van der Waals surface area contributed by atoms with Crippen LogP contribution in [0.5, 0.6) is 0 Å². The van der Waals surface area contributed by atoms with Crippen molar-refractivity contribution in [3.63, 3.8) is 0 Å². The van der Waals surface area contributed by atoms with Gasteiger partial charge in [0.25, 0.3) is 0 Å². The number of piperidine rings is 1. The zero-order valence-corrected chi connectivity index (χ0v) is 16.6. The van der Waals surface area contributed by atoms with E-state index in [1.165, 1.54) is 6.42 Å². The number of hydrogen-bond donors (Lipinski definition) is 3. The monoisotopic (exact) mass is 340 g/mol. The summed E-state index contributed by atoms with van der Waals surface area (Å²) in [7, 11) is 0. The van der Waals surface area contributed by atoms with E-state index in [0.29, 0.717) is 11.5 Å². The van der Waals surface area contributed by atoms with Crippen LogP contribution in [0.1, 0.15) is 66.7 Å². The Balaban J connectivity index is 2.28. The predicted octanol–water partition coefficient (Wildman–Crippen LogP) is 2.60. The molecule has 1 saturated heterocycles. The lowest BCUT2D eigenvalue weighted by molar-refractivity contribution is 0.0824. The van der Waals surface area contributed by atoms with Crippen molar-refractivity contribution < 1.29 is 5.11 Å². The standard InChI is InChI=1S/C19H40N4O/c1-6-20-18(22-16(2)8-11-19(3,4)5)21-12-7-13-23-14-9-17(24)10-15-23/h16-17,24H,6-15H2,1-5H3,(H2,20,21,22). The van der Waals surface area contributed by atoms with E-state index in [4.69, 9.17) is 4.99 Å². The highest BCUT2D eigenvalue weighted by Gasteiger charge is 2.16. The average molecular weight is 341 g/mol. The van der Waals surface area contributed by atoms with Crippen molar-refractivity contribution in [3.8, 4) is 0 Å². The molecule has 0 aromatic carbocycles. The molecule has 0 aromatic rings. The SMILES string of the molecule is CCNC(=NCCCN1CCC(O)CC1)NC(C)CCC(C)(C)C. The number of aliphatic imine (C=N–C) groups is 1. The van der Waals surface area contributed by atoms with Crippen molar-refractivity contribution in [1.82, 2.24) is 15.5 Å². The second kappa shape index (κ2) is 10.9. The summed E-state index contributed by atoms with van der Waals surface area (Å²) in [4.78, 5) is 7.15. The molecular formula is C19H40N4O. The molecule has 3 N–H and O–H groups in total. The summed E-state index contributed by atoms with van der Waals surface area (Å²) in [6.07, 6.45) is 5.18. The van der Waals surface area contributed by atoms with Gasteiger partial charge in [0.15, 0.2) is 5.96 Å². The molecule has 1 heterocycles. The summed E-state index contributed by atoms with van der Waals surface area (Å²) in [5, 5.41) is 16.4. The van der Waals surface area contributed by atoms with Gasteiger partial charge in [0.1, 0.15) is 0 Å². The van der Waals surface area contributed by atoms with E-state index in [1.54, 1.807) is 0 Å². The molecule has 5 heteroatoms. The zero-order valence-electron chi connectivity index (χ0n) is 16.6. The highest BCUT2D eigenvalue weighted by atomic mass is 16.3. The average Bonchev–Trinajstić information content (AvgIpc) is 2.51. The van der Waals surface area contributed by atoms with E-state index in [1.807, 2.05) is 0 Å². The molecule has 0 amide bonds. The maximum Gasteiger partial charge on any atom is 0.191 e. The Morgan fingerprint density at radius 1 is 1.29 bits per heavy atom. The normalized spacial score (nSPS) is 19.3. The van der Waals surface area contributed by atoms with Crippen LogP contribution in [0.3, 0.4) is 0 Å². The maximum atomic E-state index is 9.54. The van der Waals surface area contributed by atoms with Gasteiger partial charge in [0.2, 0.25) is 0 Å². The highest BCUT2D eigenvalue weighted by Crippen LogP contribution is 2.21. The summed E-state index contributed by atoms with van der Waals surface area (Å²) >= 11 is 0. The Labute approximate surface area is 149 Å². The molecule has 1 unspecified atom stereocenters. The third kappa shape index (κ3) is 10.1. The summed E-state index contributed by atoms with van der Waals surface area (Å²) in [5.41, 5.74) is 0.382. The molecule has 0 aliphatic carbocycles. The van der Waals surface area contributed by atoms with Crippen molar-refractivity contribution in [2.75, 3.05) is 32.7 Å². The maximum absolute atomic E-state index is 9.54. The quantitative estimate of drug-likeness (QED) is 0.361. The number of aliphatic hydroxyl groups excluding tert-OH is 1. The van der Waals surface area contributed by atoms with Crippen molar-refractivity contribution in [2.45, 2.75) is 78.9 Å². The summed E-state index contributed by atoms with van der Waals surface area (Å²) in [6, 6.07) is 0.436. The fourth-order valence-corrected chi connectivity index (χ4v) is 2.90. The van der Waals surface area contributed by atoms with Crippen LogP contribution in [0.15, 0.2) is 4.99 Å². The van der Waals surface area contributed by atoms with Crippen LogP contribution in [0.25, 0.3) is 0 Å². The van der Waals surface area contributed by atoms with Gasteiger partial charge in [0.05, 0.1) is 6.10 Å². The van der Waals surface area contributed by atoms with Gasteiger partial charge in [-0.05, 0) is 57.9 Å². The minimum absolute atomic E-state index is 0.0848. The van der Waals surface area contributed by atoms with Gasteiger partial charge in [0, 0.05) is 32.2 Å². The minimum atomic E-state index is -0.0848. The molecule has 5 nitrogen and oxygen atoms in total. The molecule has 0 saturated carbocycles. The molecule has 1 rings (SSSR count). The van der Waals surface area contributed by atoms with E-state index in [0.717, 1.165) is 64.4 Å². The van der Waals surface area contributed by atoms with Crippen molar-refractivity contribution in [3.05, 3.63) is 0 Å². The highest BCUT2D eigenvalue weighted by molar-refractivity contribution is 5.80. The lowest BCUT2D eigenvalue weighted by Gasteiger charge is -2.29. The molecule has 1 aliphatic heterocycles.